The first-order chi connectivity index (χ1) is 11.5. The first-order valence-corrected chi connectivity index (χ1v) is 7.91. The average molecular weight is 363 g/mol. The van der Waals surface area contributed by atoms with Crippen molar-refractivity contribution in [3.05, 3.63) is 35.1 Å². The molecular formula is C17H21F4NO3. The molecule has 140 valence electrons. The van der Waals surface area contributed by atoms with Gasteiger partial charge in [0.2, 0.25) is 0 Å². The quantitative estimate of drug-likeness (QED) is 0.749. The van der Waals surface area contributed by atoms with Gasteiger partial charge in [0, 0.05) is 6.54 Å². The molecule has 2 rings (SSSR count). The van der Waals surface area contributed by atoms with Crippen molar-refractivity contribution in [3.8, 4) is 0 Å². The Balaban J connectivity index is 1.94. The van der Waals surface area contributed by atoms with E-state index in [2.05, 4.69) is 0 Å². The molecule has 4 nitrogen and oxygen atoms in total. The highest BCUT2D eigenvalue weighted by Crippen LogP contribution is 2.33. The molecule has 1 aromatic rings. The van der Waals surface area contributed by atoms with Crippen LogP contribution in [-0.4, -0.2) is 35.8 Å². The Bertz CT molecular complexity index is 625. The number of likely N-dealkylation sites (tertiary alicyclic amines) is 1. The van der Waals surface area contributed by atoms with Gasteiger partial charge in [-0.1, -0.05) is 6.07 Å². The Labute approximate surface area is 143 Å². The molecule has 0 aliphatic carbocycles. The summed E-state index contributed by atoms with van der Waals surface area (Å²) in [4.78, 5) is 13.4. The highest BCUT2D eigenvalue weighted by molar-refractivity contribution is 5.68. The van der Waals surface area contributed by atoms with Crippen molar-refractivity contribution in [2.45, 2.75) is 51.7 Å². The van der Waals surface area contributed by atoms with Crippen molar-refractivity contribution in [2.24, 2.45) is 0 Å². The Morgan fingerprint density at radius 3 is 2.56 bits per heavy atom. The highest BCUT2D eigenvalue weighted by Gasteiger charge is 2.35. The number of nitrogens with zero attached hydrogens (tertiary/aromatic N) is 1. The summed E-state index contributed by atoms with van der Waals surface area (Å²) in [6.45, 7) is 5.61. The monoisotopic (exact) mass is 363 g/mol. The van der Waals surface area contributed by atoms with E-state index in [-0.39, 0.29) is 18.7 Å². The minimum atomic E-state index is -4.65. The summed E-state index contributed by atoms with van der Waals surface area (Å²) >= 11 is 0. The summed E-state index contributed by atoms with van der Waals surface area (Å²) < 4.78 is 62.7. The van der Waals surface area contributed by atoms with Gasteiger partial charge < -0.3 is 14.4 Å². The molecule has 25 heavy (non-hydrogen) atoms. The van der Waals surface area contributed by atoms with Crippen LogP contribution in [0.2, 0.25) is 0 Å². The Morgan fingerprint density at radius 2 is 1.96 bits per heavy atom. The lowest BCUT2D eigenvalue weighted by atomic mass is 10.1. The molecule has 1 amide bonds. The van der Waals surface area contributed by atoms with Crippen molar-refractivity contribution >= 4 is 6.09 Å². The predicted molar refractivity (Wildman–Crippen MR) is 82.4 cm³/mol. The first-order valence-electron chi connectivity index (χ1n) is 7.91. The maximum atomic E-state index is 13.1. The number of halogens is 4. The van der Waals surface area contributed by atoms with E-state index in [9.17, 15) is 22.4 Å². The van der Waals surface area contributed by atoms with E-state index in [4.69, 9.17) is 9.47 Å². The molecule has 0 spiro atoms. The molecule has 1 saturated heterocycles. The molecule has 1 aromatic carbocycles. The summed E-state index contributed by atoms with van der Waals surface area (Å²) in [5, 5.41) is 0. The number of carbonyl (C=O) groups is 1. The summed E-state index contributed by atoms with van der Waals surface area (Å²) in [5.41, 5.74) is -1.80. The minimum Gasteiger partial charge on any atom is -0.444 e. The van der Waals surface area contributed by atoms with Crippen molar-refractivity contribution < 1.29 is 31.8 Å². The maximum Gasteiger partial charge on any atom is 0.416 e. The van der Waals surface area contributed by atoms with Crippen LogP contribution < -0.4 is 0 Å². The molecule has 1 aliphatic rings. The SMILES string of the molecule is CC(C)(C)OC(=O)N1CCC(OCc2ccc(F)cc2C(F)(F)F)C1. The van der Waals surface area contributed by atoms with E-state index in [1.165, 1.54) is 4.90 Å². The van der Waals surface area contributed by atoms with E-state index >= 15 is 0 Å². The van der Waals surface area contributed by atoms with E-state index in [1.54, 1.807) is 20.8 Å². The van der Waals surface area contributed by atoms with Crippen molar-refractivity contribution in [1.29, 1.82) is 0 Å². The smallest absolute Gasteiger partial charge is 0.416 e. The van der Waals surface area contributed by atoms with Crippen LogP contribution in [0.15, 0.2) is 18.2 Å². The largest absolute Gasteiger partial charge is 0.444 e. The van der Waals surface area contributed by atoms with Crippen LogP contribution in [0.1, 0.15) is 38.3 Å². The van der Waals surface area contributed by atoms with Gasteiger partial charge in [0.05, 0.1) is 24.8 Å². The Morgan fingerprint density at radius 1 is 1.28 bits per heavy atom. The number of hydrogen-bond acceptors (Lipinski definition) is 3. The molecule has 0 saturated carbocycles. The Kier molecular flexibility index (Phi) is 5.61. The zero-order chi connectivity index (χ0) is 18.8. The van der Waals surface area contributed by atoms with Crippen LogP contribution in [0.4, 0.5) is 22.4 Å². The van der Waals surface area contributed by atoms with Crippen LogP contribution in [-0.2, 0) is 22.3 Å². The molecule has 0 radical (unpaired) electrons. The van der Waals surface area contributed by atoms with Gasteiger partial charge in [-0.3, -0.25) is 0 Å². The van der Waals surface area contributed by atoms with Gasteiger partial charge in [-0.15, -0.1) is 0 Å². The Hall–Kier alpha value is -1.83. The number of carbonyl (C=O) groups excluding carboxylic acids is 1. The maximum absolute atomic E-state index is 13.1. The molecule has 1 fully saturated rings. The van der Waals surface area contributed by atoms with Gasteiger partial charge in [0.15, 0.2) is 0 Å². The van der Waals surface area contributed by atoms with Crippen molar-refractivity contribution in [2.75, 3.05) is 13.1 Å². The van der Waals surface area contributed by atoms with Gasteiger partial charge >= 0.3 is 12.3 Å². The second-order valence-electron chi connectivity index (χ2n) is 6.95. The van der Waals surface area contributed by atoms with Crippen LogP contribution in [0.5, 0.6) is 0 Å². The number of alkyl halides is 3. The van der Waals surface area contributed by atoms with Crippen LogP contribution in [0, 0.1) is 5.82 Å². The van der Waals surface area contributed by atoms with E-state index in [1.807, 2.05) is 0 Å². The van der Waals surface area contributed by atoms with E-state index in [0.717, 1.165) is 12.1 Å². The van der Waals surface area contributed by atoms with Crippen molar-refractivity contribution in [3.63, 3.8) is 0 Å². The molecule has 1 aliphatic heterocycles. The van der Waals surface area contributed by atoms with Crippen LogP contribution >= 0.6 is 0 Å². The summed E-state index contributed by atoms with van der Waals surface area (Å²) in [6, 6.07) is 2.49. The third kappa shape index (κ3) is 5.59. The molecular weight excluding hydrogens is 342 g/mol. The second-order valence-corrected chi connectivity index (χ2v) is 6.95. The number of benzene rings is 1. The van der Waals surface area contributed by atoms with Gasteiger partial charge in [-0.25, -0.2) is 9.18 Å². The third-order valence-electron chi connectivity index (χ3n) is 3.65. The standard InChI is InChI=1S/C17H21F4NO3/c1-16(2,3)25-15(23)22-7-6-13(9-22)24-10-11-4-5-12(18)8-14(11)17(19,20)21/h4-5,8,13H,6-7,9-10H2,1-3H3. The molecule has 0 bridgehead atoms. The number of hydrogen-bond donors (Lipinski definition) is 0. The molecule has 0 N–H and O–H groups in total. The molecule has 1 atom stereocenters. The number of rotatable bonds is 3. The normalized spacial score (nSPS) is 18.5. The molecule has 0 aromatic heterocycles. The average Bonchev–Trinajstić information content (AvgIpc) is 2.92. The fourth-order valence-electron chi connectivity index (χ4n) is 2.50. The van der Waals surface area contributed by atoms with E-state index in [0.29, 0.717) is 19.0 Å². The fourth-order valence-corrected chi connectivity index (χ4v) is 2.50. The molecule has 1 heterocycles. The lowest BCUT2D eigenvalue weighted by Crippen LogP contribution is -2.36. The number of amides is 1. The van der Waals surface area contributed by atoms with Crippen LogP contribution in [0.3, 0.4) is 0 Å². The third-order valence-corrected chi connectivity index (χ3v) is 3.65. The topological polar surface area (TPSA) is 38.8 Å². The zero-order valence-corrected chi connectivity index (χ0v) is 14.3. The van der Waals surface area contributed by atoms with Crippen LogP contribution in [0.25, 0.3) is 0 Å². The number of ether oxygens (including phenoxy) is 2. The van der Waals surface area contributed by atoms with Gasteiger partial charge in [-0.2, -0.15) is 13.2 Å². The van der Waals surface area contributed by atoms with Crippen molar-refractivity contribution in [1.82, 2.24) is 4.90 Å². The zero-order valence-electron chi connectivity index (χ0n) is 14.3. The molecule has 1 unspecified atom stereocenters. The summed E-state index contributed by atoms with van der Waals surface area (Å²) in [6.07, 6.45) is -5.02. The fraction of sp³-hybridized carbons (Fsp3) is 0.588. The summed E-state index contributed by atoms with van der Waals surface area (Å²) in [5.74, 6) is -0.951. The van der Waals surface area contributed by atoms with Gasteiger partial charge in [0.25, 0.3) is 0 Å². The van der Waals surface area contributed by atoms with E-state index < -0.39 is 35.4 Å². The second kappa shape index (κ2) is 7.19. The predicted octanol–water partition coefficient (Wildman–Crippen LogP) is 4.37. The lowest BCUT2D eigenvalue weighted by molar-refractivity contribution is -0.139. The minimum absolute atomic E-state index is 0.135. The van der Waals surface area contributed by atoms with Gasteiger partial charge in [0.1, 0.15) is 11.4 Å². The first kappa shape index (κ1) is 19.5. The summed E-state index contributed by atoms with van der Waals surface area (Å²) in [7, 11) is 0. The van der Waals surface area contributed by atoms with Gasteiger partial charge in [-0.05, 0) is 44.9 Å². The lowest BCUT2D eigenvalue weighted by Gasteiger charge is -2.24. The highest BCUT2D eigenvalue weighted by atomic mass is 19.4. The molecule has 8 heteroatoms.